The number of nitrogens with two attached hydrogens (primary N) is 1. The molecule has 1 aromatic rings. The van der Waals surface area contributed by atoms with Gasteiger partial charge in [0.2, 0.25) is 5.91 Å². The molecule has 0 radical (unpaired) electrons. The van der Waals surface area contributed by atoms with E-state index >= 15 is 0 Å². The van der Waals surface area contributed by atoms with Crippen LogP contribution in [0.15, 0.2) is 24.3 Å². The van der Waals surface area contributed by atoms with Gasteiger partial charge in [0.1, 0.15) is 24.8 Å². The molecule has 3 fully saturated rings. The smallest absolute Gasteiger partial charge is 0.251 e. The minimum Gasteiger partial charge on any atom is -0.369 e. The Balaban J connectivity index is 1.44. The highest BCUT2D eigenvalue weighted by atomic mass is 16.5. The molecule has 4 rings (SSSR count). The first kappa shape index (κ1) is 26.6. The number of ether oxygens (including phenoxy) is 1. The van der Waals surface area contributed by atoms with Crippen molar-refractivity contribution in [1.82, 2.24) is 15.1 Å². The predicted molar refractivity (Wildman–Crippen MR) is 139 cm³/mol. The van der Waals surface area contributed by atoms with Crippen molar-refractivity contribution in [1.29, 1.82) is 0 Å². The van der Waals surface area contributed by atoms with Crippen LogP contribution in [-0.4, -0.2) is 97.0 Å². The van der Waals surface area contributed by atoms with E-state index in [-0.39, 0.29) is 36.2 Å². The van der Waals surface area contributed by atoms with Crippen molar-refractivity contribution < 1.29 is 19.1 Å². The molecule has 0 saturated carbocycles. The number of nitrogens with one attached hydrogen (secondary N) is 1. The number of Topliss-reactive ketones (excluding diaryl/α,β-unsaturated/α-hetero) is 1. The zero-order valence-electron chi connectivity index (χ0n) is 22.2. The van der Waals surface area contributed by atoms with Crippen LogP contribution in [0.5, 0.6) is 0 Å². The molecular formula is C27H41N5O4. The second-order valence-electron chi connectivity index (χ2n) is 11.8. The lowest BCUT2D eigenvalue weighted by Gasteiger charge is -2.38. The molecule has 0 aromatic heterocycles. The summed E-state index contributed by atoms with van der Waals surface area (Å²) in [6.45, 7) is 14.7. The summed E-state index contributed by atoms with van der Waals surface area (Å²) in [6, 6.07) is 6.28. The highest BCUT2D eigenvalue weighted by molar-refractivity contribution is 5.99. The van der Waals surface area contributed by atoms with Crippen LogP contribution in [0, 0.1) is 5.41 Å². The number of rotatable bonds is 6. The summed E-state index contributed by atoms with van der Waals surface area (Å²) in [5.74, 6) is -0.713. The van der Waals surface area contributed by atoms with E-state index in [1.54, 1.807) is 0 Å². The molecule has 3 saturated heterocycles. The van der Waals surface area contributed by atoms with Crippen LogP contribution >= 0.6 is 0 Å². The highest BCUT2D eigenvalue weighted by Gasteiger charge is 2.52. The number of carbonyl (C=O) groups is 3. The quantitative estimate of drug-likeness (QED) is 0.607. The van der Waals surface area contributed by atoms with Gasteiger partial charge >= 0.3 is 0 Å². The van der Waals surface area contributed by atoms with E-state index in [4.69, 9.17) is 10.5 Å². The molecule has 0 aliphatic carbocycles. The number of ketones is 1. The Labute approximate surface area is 214 Å². The van der Waals surface area contributed by atoms with Crippen LogP contribution in [0.1, 0.15) is 51.4 Å². The van der Waals surface area contributed by atoms with Crippen molar-refractivity contribution in [3.63, 3.8) is 0 Å². The van der Waals surface area contributed by atoms with Crippen molar-refractivity contribution >= 4 is 23.3 Å². The number of carbonyl (C=O) groups excluding carboxylic acids is 3. The zero-order chi connectivity index (χ0) is 26.2. The van der Waals surface area contributed by atoms with E-state index < -0.39 is 24.2 Å². The summed E-state index contributed by atoms with van der Waals surface area (Å²) in [5.41, 5.74) is 7.54. The molecule has 2 amide bonds. The highest BCUT2D eigenvalue weighted by Crippen LogP contribution is 2.29. The third-order valence-electron chi connectivity index (χ3n) is 7.47. The number of benzene rings is 1. The molecule has 3 N–H and O–H groups in total. The number of likely N-dealkylation sites (tertiary alicyclic amines) is 1. The van der Waals surface area contributed by atoms with Crippen LogP contribution < -0.4 is 16.0 Å². The van der Waals surface area contributed by atoms with Crippen LogP contribution in [0.3, 0.4) is 0 Å². The van der Waals surface area contributed by atoms with Crippen molar-refractivity contribution in [2.24, 2.45) is 11.1 Å². The van der Waals surface area contributed by atoms with Crippen LogP contribution in [0.25, 0.3) is 0 Å². The number of fused-ring (bicyclic) bond motifs is 1. The monoisotopic (exact) mass is 499 g/mol. The first-order valence-corrected chi connectivity index (χ1v) is 13.0. The molecule has 1 unspecified atom stereocenters. The van der Waals surface area contributed by atoms with Crippen molar-refractivity contribution in [2.45, 2.75) is 71.3 Å². The summed E-state index contributed by atoms with van der Waals surface area (Å²) in [7, 11) is 0. The summed E-state index contributed by atoms with van der Waals surface area (Å²) in [5, 5.41) is 2.95. The van der Waals surface area contributed by atoms with E-state index in [0.717, 1.165) is 31.9 Å². The van der Waals surface area contributed by atoms with Gasteiger partial charge in [-0.15, -0.1) is 0 Å². The molecule has 4 atom stereocenters. The van der Waals surface area contributed by atoms with Gasteiger partial charge in [-0.25, -0.2) is 0 Å². The first-order chi connectivity index (χ1) is 16.9. The molecule has 3 aliphatic rings. The summed E-state index contributed by atoms with van der Waals surface area (Å²) >= 11 is 0. The standard InChI is InChI=1S/C27H41N5O4/c1-17(2)30-10-12-31(13-11-30)19-8-6-18(7-9-19)25(34)29-21(14-27(3,4)5)26(35)32-15-20(28)24-23(32)22(33)16-36-24/h6-9,17,20-21,23-24H,10-16,28H2,1-5H3,(H,29,34)/t20-,21?,23+,24+/m0/s1. The van der Waals surface area contributed by atoms with E-state index in [9.17, 15) is 14.4 Å². The SMILES string of the molecule is CC(C)N1CCN(c2ccc(C(=O)NC(CC(C)(C)C)C(=O)N3C[C@H](N)[C@H]4OCC(=O)[C@H]43)cc2)CC1. The van der Waals surface area contributed by atoms with E-state index in [2.05, 4.69) is 29.0 Å². The van der Waals surface area contributed by atoms with Crippen molar-refractivity contribution in [2.75, 3.05) is 44.2 Å². The van der Waals surface area contributed by atoms with E-state index in [1.165, 1.54) is 4.90 Å². The number of piperazine rings is 1. The van der Waals surface area contributed by atoms with Gasteiger partial charge in [-0.2, -0.15) is 0 Å². The number of hydrogen-bond donors (Lipinski definition) is 2. The Morgan fingerprint density at radius 1 is 1.11 bits per heavy atom. The van der Waals surface area contributed by atoms with Crippen LogP contribution in [0.4, 0.5) is 5.69 Å². The van der Waals surface area contributed by atoms with Gasteiger partial charge in [0.15, 0.2) is 5.78 Å². The Kier molecular flexibility index (Phi) is 7.73. The van der Waals surface area contributed by atoms with Crippen molar-refractivity contribution in [3.05, 3.63) is 29.8 Å². The first-order valence-electron chi connectivity index (χ1n) is 13.0. The summed E-state index contributed by atoms with van der Waals surface area (Å²) < 4.78 is 5.53. The maximum atomic E-state index is 13.6. The lowest BCUT2D eigenvalue weighted by Crippen LogP contribution is -2.53. The van der Waals surface area contributed by atoms with Gasteiger partial charge in [-0.1, -0.05) is 20.8 Å². The van der Waals surface area contributed by atoms with Gasteiger partial charge < -0.3 is 25.6 Å². The lowest BCUT2D eigenvalue weighted by molar-refractivity contribution is -0.138. The molecule has 36 heavy (non-hydrogen) atoms. The van der Waals surface area contributed by atoms with Gasteiger partial charge in [-0.3, -0.25) is 19.3 Å². The van der Waals surface area contributed by atoms with Gasteiger partial charge in [-0.05, 0) is 49.9 Å². The second kappa shape index (κ2) is 10.5. The molecule has 9 heteroatoms. The van der Waals surface area contributed by atoms with Crippen LogP contribution in [-0.2, 0) is 14.3 Å². The molecular weight excluding hydrogens is 458 g/mol. The fourth-order valence-electron chi connectivity index (χ4n) is 5.49. The zero-order valence-corrected chi connectivity index (χ0v) is 22.2. The second-order valence-corrected chi connectivity index (χ2v) is 11.8. The fraction of sp³-hybridized carbons (Fsp3) is 0.667. The van der Waals surface area contributed by atoms with Gasteiger partial charge in [0.25, 0.3) is 5.91 Å². The number of anilines is 1. The van der Waals surface area contributed by atoms with E-state index in [0.29, 0.717) is 18.0 Å². The van der Waals surface area contributed by atoms with Gasteiger partial charge in [0, 0.05) is 50.0 Å². The normalized spacial score (nSPS) is 25.9. The molecule has 3 heterocycles. The lowest BCUT2D eigenvalue weighted by atomic mass is 9.87. The number of nitrogens with zero attached hydrogens (tertiary/aromatic N) is 3. The van der Waals surface area contributed by atoms with E-state index in [1.807, 2.05) is 45.0 Å². The average Bonchev–Trinajstić information content (AvgIpc) is 3.37. The summed E-state index contributed by atoms with van der Waals surface area (Å²) in [4.78, 5) is 45.5. The maximum Gasteiger partial charge on any atom is 0.251 e. The average molecular weight is 500 g/mol. The Bertz CT molecular complexity index is 965. The van der Waals surface area contributed by atoms with Crippen LogP contribution in [0.2, 0.25) is 0 Å². The Morgan fingerprint density at radius 2 is 1.75 bits per heavy atom. The number of hydrogen-bond acceptors (Lipinski definition) is 7. The third-order valence-corrected chi connectivity index (χ3v) is 7.47. The fourth-order valence-corrected chi connectivity index (χ4v) is 5.49. The molecule has 3 aliphatic heterocycles. The number of amides is 2. The molecule has 0 bridgehead atoms. The Morgan fingerprint density at radius 3 is 2.33 bits per heavy atom. The predicted octanol–water partition coefficient (Wildman–Crippen LogP) is 1.26. The minimum atomic E-state index is -0.763. The minimum absolute atomic E-state index is 0.0258. The third kappa shape index (κ3) is 5.74. The molecule has 0 spiro atoms. The largest absolute Gasteiger partial charge is 0.369 e. The maximum absolute atomic E-state index is 13.6. The molecule has 1 aromatic carbocycles. The summed E-state index contributed by atoms with van der Waals surface area (Å²) in [6.07, 6.45) is -0.0316. The molecule has 198 valence electrons. The van der Waals surface area contributed by atoms with Gasteiger partial charge in [0.05, 0.1) is 6.04 Å². The molecule has 9 nitrogen and oxygen atoms in total. The topological polar surface area (TPSA) is 108 Å². The Hall–Kier alpha value is -2.49. The van der Waals surface area contributed by atoms with Crippen molar-refractivity contribution in [3.8, 4) is 0 Å².